The van der Waals surface area contributed by atoms with Gasteiger partial charge in [-0.15, -0.1) is 8.75 Å². The van der Waals surface area contributed by atoms with Gasteiger partial charge in [0.05, 0.1) is 19.1 Å². The van der Waals surface area contributed by atoms with E-state index >= 15 is 0 Å². The summed E-state index contributed by atoms with van der Waals surface area (Å²) >= 11 is 2.21. The molecule has 0 radical (unpaired) electrons. The molecule has 6 aromatic heterocycles. The van der Waals surface area contributed by atoms with Gasteiger partial charge in [-0.1, -0.05) is 18.2 Å². The molecule has 4 amide bonds. The van der Waals surface area contributed by atoms with Gasteiger partial charge in [-0.25, -0.2) is 31.9 Å². The Morgan fingerprint density at radius 3 is 1.71 bits per heavy atom. The molecule has 1 aromatic carbocycles. The first kappa shape index (κ1) is 49.8. The van der Waals surface area contributed by atoms with Crippen LogP contribution in [0.1, 0.15) is 72.5 Å². The Morgan fingerprint density at radius 2 is 1.22 bits per heavy atom. The third-order valence-electron chi connectivity index (χ3n) is 13.3. The molecule has 0 spiro atoms. The number of H-pyrrole nitrogens is 1. The van der Waals surface area contributed by atoms with Gasteiger partial charge in [0.15, 0.2) is 5.65 Å². The number of urea groups is 2. The third-order valence-corrected chi connectivity index (χ3v) is 16.2. The molecule has 7 aromatic rings. The number of carbonyl (C=O) groups excluding carboxylic acids is 2. The summed E-state index contributed by atoms with van der Waals surface area (Å²) in [5.41, 5.74) is 5.49. The molecule has 6 atom stereocenters. The number of fused-ring (bicyclic) bond motifs is 4. The van der Waals surface area contributed by atoms with E-state index in [4.69, 9.17) is 9.47 Å². The molecule has 6 N–H and O–H groups in total. The number of anilines is 4. The van der Waals surface area contributed by atoms with Gasteiger partial charge >= 0.3 is 53.6 Å². The van der Waals surface area contributed by atoms with Crippen LogP contribution in [-0.4, -0.2) is 126 Å². The second-order valence-electron chi connectivity index (χ2n) is 17.5. The Labute approximate surface area is 465 Å². The number of likely N-dealkylation sites (tertiary alicyclic amines) is 2. The maximum atomic E-state index is 13.3. The molecule has 2 saturated heterocycles. The minimum absolute atomic E-state index is 0. The first-order valence-corrected chi connectivity index (χ1v) is 25.0. The fraction of sp³-hybridized carbons (Fsp3) is 0.409. The minimum Gasteiger partial charge on any atom is -0.870 e. The minimum atomic E-state index is -3.76. The monoisotopic (exact) mass is 1060 g/mol. The van der Waals surface area contributed by atoms with Crippen molar-refractivity contribution in [3.63, 3.8) is 0 Å². The summed E-state index contributed by atoms with van der Waals surface area (Å²) in [6, 6.07) is 13.1. The summed E-state index contributed by atoms with van der Waals surface area (Å²) in [5.74, 6) is 1.82. The average Bonchev–Trinajstić information content (AvgIpc) is 4.17. The number of aromatic amines is 1. The van der Waals surface area contributed by atoms with Gasteiger partial charge in [-0.05, 0) is 98.6 Å². The van der Waals surface area contributed by atoms with Crippen molar-refractivity contribution in [1.29, 1.82) is 0 Å². The van der Waals surface area contributed by atoms with E-state index in [0.717, 1.165) is 95.1 Å². The largest absolute Gasteiger partial charge is 1.00 e. The Morgan fingerprint density at radius 1 is 0.725 bits per heavy atom. The number of rotatable bonds is 10. The fourth-order valence-electron chi connectivity index (χ4n) is 10.2. The van der Waals surface area contributed by atoms with Gasteiger partial charge < -0.3 is 40.4 Å². The Bertz CT molecular complexity index is 3110. The Balaban J connectivity index is -0.0000000606. The number of ether oxygens (including phenoxy) is 2. The van der Waals surface area contributed by atoms with E-state index in [2.05, 4.69) is 67.9 Å². The van der Waals surface area contributed by atoms with E-state index in [1.54, 1.807) is 42.7 Å². The number of carbonyl (C=O) groups is 2. The molecule has 69 heavy (non-hydrogen) atoms. The van der Waals surface area contributed by atoms with Crippen LogP contribution in [0.2, 0.25) is 0 Å². The molecular weight excluding hydrogens is 956 g/mol. The van der Waals surface area contributed by atoms with Crippen LogP contribution in [0.15, 0.2) is 72.1 Å². The van der Waals surface area contributed by atoms with Crippen LogP contribution in [0.5, 0.6) is 12.0 Å². The van der Waals surface area contributed by atoms with E-state index in [1.165, 1.54) is 23.9 Å². The first-order valence-electron chi connectivity index (χ1n) is 22.0. The molecule has 2 aliphatic carbocycles. The fourth-order valence-corrected chi connectivity index (χ4v) is 12.5. The summed E-state index contributed by atoms with van der Waals surface area (Å²) in [7, 11) is -0.766. The van der Waals surface area contributed by atoms with Crippen LogP contribution in [0.25, 0.3) is 22.1 Å². The number of aromatic nitrogens is 8. The molecule has 4 fully saturated rings. The Hall–Kier alpha value is -5.63. The van der Waals surface area contributed by atoms with E-state index < -0.39 is 10.0 Å². The zero-order chi connectivity index (χ0) is 46.4. The zero-order valence-corrected chi connectivity index (χ0v) is 43.1. The van der Waals surface area contributed by atoms with Gasteiger partial charge in [0, 0.05) is 144 Å². The second-order valence-corrected chi connectivity index (χ2v) is 20.9. The number of methoxy groups -OCH3 is 2. The predicted molar refractivity (Wildman–Crippen MR) is 310 cm³/mol. The van der Waals surface area contributed by atoms with E-state index in [0.29, 0.717) is 58.7 Å². The Kier molecular flexibility index (Phi) is 15.0. The van der Waals surface area contributed by atoms with Gasteiger partial charge in [-0.2, -0.15) is 9.97 Å². The smallest absolute Gasteiger partial charge is 0.870 e. The molecule has 2 unspecified atom stereocenters. The van der Waals surface area contributed by atoms with Crippen molar-refractivity contribution in [3.8, 4) is 12.0 Å². The van der Waals surface area contributed by atoms with Gasteiger partial charge in [0.2, 0.25) is 10.3 Å². The standard InChI is InChI=1S/C25H27N7O4S2.C19H23N7O2S.Na.H2O.25H2/c1-15-12-26-22-20(8-9-32(22)38(34,35)19-6-4-3-5-7-19)21(15)27-18-10-16-13-31(14-17(16)11-18)25(33)29-24-28-23(36-2)30-37-24;1-10-7-21-16-14(3-4-20-16)15(10)22-13-5-11-8-26(9-12(11)6-13)19(27)24-18-23-17(28-2)25-29-18;;;;;;;;;;;;;;;;;;;;;;;;;;;/h3-9,12,16-18H,10-11,13-14H2,1-2H3,(H,26,27)(H,28,29,30,33);3-4,7,11-13H,5-6,8-9H2,1-2H3,(H2,20,21,22)(H,23,24,25,27);;1H2;25*1H/q;;+1;;;;;;;;;;;;;;;;;;;;;;;;;;/p-1/t16-,17+,18?;11-,12+,13?;;;;;;;;;;;;;;;;;;;;;;;;;;;. The van der Waals surface area contributed by atoms with Crippen LogP contribution >= 0.6 is 23.1 Å². The average molecular weight is 1060 g/mol. The number of hydrogen-bond acceptors (Lipinski definition) is 17. The molecule has 11 rings (SSSR count). The molecule has 0 bridgehead atoms. The first-order chi connectivity index (χ1) is 32.4. The quantitative estimate of drug-likeness (QED) is 0.0798. The molecule has 2 saturated carbocycles. The number of aryl methyl sites for hydroxylation is 2. The molecule has 8 heterocycles. The maximum absolute atomic E-state index is 13.3. The molecule has 21 nitrogen and oxygen atoms in total. The summed E-state index contributed by atoms with van der Waals surface area (Å²) < 4.78 is 45.7. The SMILES string of the molecule is COc1nsc(NC(=O)N2C[C@H]3CC(Nc4c(C)cnc5[nH]ccc45)C[C@H]3C2)n1.COc1nsc(NC(=O)N2C[C@H]3CC(Nc4c(C)cnc5c4ccn5S(=O)(=O)c4ccccc4)C[C@H]3C2)n1.[HH].[HH].[HH].[HH].[HH].[HH].[HH].[HH].[HH].[HH].[HH].[HH].[HH].[HH].[HH].[HH].[HH].[HH].[HH].[HH].[HH].[HH].[HH].[HH].[HH].[Na+].[OH-]. The third kappa shape index (κ3) is 10.2. The number of hydrogen-bond donors (Lipinski definition) is 5. The zero-order valence-electron chi connectivity index (χ0n) is 38.6. The molecule has 408 valence electrons. The van der Waals surface area contributed by atoms with Crippen molar-refractivity contribution in [3.05, 3.63) is 78.4 Å². The number of pyridine rings is 2. The van der Waals surface area contributed by atoms with Gasteiger partial charge in [0.1, 0.15) is 5.65 Å². The topological polar surface area (TPSA) is 269 Å². The van der Waals surface area contributed by atoms with Gasteiger partial charge in [0.25, 0.3) is 10.0 Å². The second kappa shape index (κ2) is 20.8. The van der Waals surface area contributed by atoms with Crippen LogP contribution in [0, 0.1) is 37.5 Å². The van der Waals surface area contributed by atoms with Crippen molar-refractivity contribution >= 4 is 88.9 Å². The van der Waals surface area contributed by atoms with Crippen LogP contribution in [-0.2, 0) is 10.0 Å². The maximum Gasteiger partial charge on any atom is 1.00 e. The molecule has 25 heteroatoms. The number of amides is 4. The van der Waals surface area contributed by atoms with E-state index in [-0.39, 0.29) is 106 Å². The molecule has 2 aliphatic heterocycles. The van der Waals surface area contributed by atoms with Crippen molar-refractivity contribution in [2.24, 2.45) is 23.7 Å². The predicted octanol–water partition coefficient (Wildman–Crippen LogP) is 9.86. The van der Waals surface area contributed by atoms with Crippen LogP contribution < -0.4 is 60.3 Å². The summed E-state index contributed by atoms with van der Waals surface area (Å²) in [5, 5.41) is 15.9. The molecular formula is C44H101N14NaO7S3. The van der Waals surface area contributed by atoms with Crippen molar-refractivity contribution in [2.45, 2.75) is 56.5 Å². The van der Waals surface area contributed by atoms with E-state index in [1.807, 2.05) is 35.2 Å². The number of nitrogens with one attached hydrogen (secondary N) is 5. The molecule has 4 aliphatic rings. The van der Waals surface area contributed by atoms with E-state index in [9.17, 15) is 18.0 Å². The van der Waals surface area contributed by atoms with Gasteiger partial charge in [-0.3, -0.25) is 10.6 Å². The summed E-state index contributed by atoms with van der Waals surface area (Å²) in [6.07, 6.45) is 11.1. The summed E-state index contributed by atoms with van der Waals surface area (Å²) in [6.45, 7) is 6.98. The van der Waals surface area contributed by atoms with Crippen LogP contribution in [0.3, 0.4) is 0 Å². The van der Waals surface area contributed by atoms with Crippen molar-refractivity contribution in [2.75, 3.05) is 61.7 Å². The van der Waals surface area contributed by atoms with Crippen LogP contribution in [0.4, 0.5) is 31.2 Å². The summed E-state index contributed by atoms with van der Waals surface area (Å²) in [4.78, 5) is 49.6. The number of benzene rings is 1. The van der Waals surface area contributed by atoms with Crippen molar-refractivity contribution < 1.29 is 98.2 Å². The number of nitrogens with zero attached hydrogens (tertiary/aromatic N) is 9. The normalized spacial score (nSPS) is 21.4. The van der Waals surface area contributed by atoms with Crippen molar-refractivity contribution in [1.82, 2.24) is 47.4 Å².